The van der Waals surface area contributed by atoms with Crippen LogP contribution in [0.4, 0.5) is 4.79 Å². The van der Waals surface area contributed by atoms with Crippen LogP contribution in [0.2, 0.25) is 0 Å². The van der Waals surface area contributed by atoms with Gasteiger partial charge in [0.25, 0.3) is 10.2 Å². The average molecular weight is 425 g/mol. The Morgan fingerprint density at radius 1 is 1.10 bits per heavy atom. The fraction of sp³-hybridized carbons (Fsp3) is 0.750. The van der Waals surface area contributed by atoms with Crippen molar-refractivity contribution >= 4 is 16.2 Å². The van der Waals surface area contributed by atoms with Gasteiger partial charge in [-0.3, -0.25) is 0 Å². The molecule has 2 amide bonds. The van der Waals surface area contributed by atoms with Crippen molar-refractivity contribution < 1.29 is 17.6 Å². The molecule has 1 saturated carbocycles. The highest BCUT2D eigenvalue weighted by molar-refractivity contribution is 7.86. The summed E-state index contributed by atoms with van der Waals surface area (Å²) in [5.74, 6) is 0.961. The van der Waals surface area contributed by atoms with E-state index >= 15 is 0 Å². The van der Waals surface area contributed by atoms with E-state index in [1.54, 1.807) is 22.5 Å². The fourth-order valence-corrected chi connectivity index (χ4v) is 6.39. The number of nitrogens with one attached hydrogen (secondary N) is 1. The minimum absolute atomic E-state index is 0.0239. The first-order chi connectivity index (χ1) is 14.0. The highest BCUT2D eigenvalue weighted by Gasteiger charge is 2.36. The molecule has 1 atom stereocenters. The molecule has 1 saturated heterocycles. The largest absolute Gasteiger partial charge is 0.469 e. The molecule has 162 valence electrons. The molecule has 2 fully saturated rings. The third-order valence-corrected chi connectivity index (χ3v) is 8.70. The molecule has 29 heavy (non-hydrogen) atoms. The van der Waals surface area contributed by atoms with Gasteiger partial charge in [-0.15, -0.1) is 0 Å². The highest BCUT2D eigenvalue weighted by atomic mass is 32.2. The van der Waals surface area contributed by atoms with E-state index in [4.69, 9.17) is 4.42 Å². The lowest BCUT2D eigenvalue weighted by Crippen LogP contribution is -2.56. The van der Waals surface area contributed by atoms with Gasteiger partial charge in [0, 0.05) is 51.3 Å². The van der Waals surface area contributed by atoms with Crippen molar-refractivity contribution in [1.82, 2.24) is 18.8 Å². The Morgan fingerprint density at radius 3 is 2.55 bits per heavy atom. The number of aryl methyl sites for hydroxylation is 1. The van der Waals surface area contributed by atoms with Crippen LogP contribution in [0.25, 0.3) is 0 Å². The molecule has 1 unspecified atom stereocenters. The van der Waals surface area contributed by atoms with E-state index < -0.39 is 10.2 Å². The molecule has 0 bridgehead atoms. The van der Waals surface area contributed by atoms with E-state index in [-0.39, 0.29) is 18.1 Å². The van der Waals surface area contributed by atoms with Gasteiger partial charge in [0.05, 0.1) is 12.3 Å². The van der Waals surface area contributed by atoms with Gasteiger partial charge in [0.15, 0.2) is 0 Å². The second kappa shape index (κ2) is 8.65. The number of fused-ring (bicyclic) bond motifs is 1. The van der Waals surface area contributed by atoms with Gasteiger partial charge in [0.1, 0.15) is 5.76 Å². The summed E-state index contributed by atoms with van der Waals surface area (Å²) in [4.78, 5) is 14.5. The monoisotopic (exact) mass is 424 g/mol. The number of amides is 2. The first-order valence-corrected chi connectivity index (χ1v) is 12.2. The van der Waals surface area contributed by atoms with Crippen molar-refractivity contribution in [1.29, 1.82) is 0 Å². The summed E-state index contributed by atoms with van der Waals surface area (Å²) in [6.07, 6.45) is 9.76. The number of piperazine rings is 1. The van der Waals surface area contributed by atoms with Crippen LogP contribution in [0.1, 0.15) is 62.3 Å². The number of carbonyl (C=O) groups excluding carboxylic acids is 1. The van der Waals surface area contributed by atoms with E-state index in [1.807, 2.05) is 6.07 Å². The summed E-state index contributed by atoms with van der Waals surface area (Å²) in [5.41, 5.74) is 1.07. The van der Waals surface area contributed by atoms with E-state index in [2.05, 4.69) is 5.32 Å². The van der Waals surface area contributed by atoms with E-state index in [0.717, 1.165) is 56.3 Å². The summed E-state index contributed by atoms with van der Waals surface area (Å²) >= 11 is 0. The number of carbonyl (C=O) groups is 1. The average Bonchev–Trinajstić information content (AvgIpc) is 3.24. The first-order valence-electron chi connectivity index (χ1n) is 10.8. The Balaban J connectivity index is 1.31. The lowest BCUT2D eigenvalue weighted by Gasteiger charge is -2.39. The highest BCUT2D eigenvalue weighted by Crippen LogP contribution is 2.30. The van der Waals surface area contributed by atoms with Crippen LogP contribution in [0, 0.1) is 0 Å². The Hall–Kier alpha value is -1.58. The van der Waals surface area contributed by atoms with E-state index in [9.17, 15) is 13.2 Å². The third kappa shape index (κ3) is 4.32. The number of furan rings is 1. The van der Waals surface area contributed by atoms with Crippen molar-refractivity contribution in [2.45, 2.75) is 63.5 Å². The van der Waals surface area contributed by atoms with Crippen molar-refractivity contribution in [3.05, 3.63) is 23.7 Å². The molecule has 2 heterocycles. The Kier molecular flexibility index (Phi) is 6.17. The van der Waals surface area contributed by atoms with E-state index in [1.165, 1.54) is 10.7 Å². The molecule has 1 N–H and O–H groups in total. The predicted octanol–water partition coefficient (Wildman–Crippen LogP) is 2.49. The summed E-state index contributed by atoms with van der Waals surface area (Å²) in [6.45, 7) is 1.51. The minimum atomic E-state index is -3.47. The van der Waals surface area contributed by atoms with Crippen LogP contribution >= 0.6 is 0 Å². The third-order valence-electron chi connectivity index (χ3n) is 6.65. The Morgan fingerprint density at radius 2 is 1.83 bits per heavy atom. The second-order valence-electron chi connectivity index (χ2n) is 8.40. The molecule has 9 heteroatoms. The van der Waals surface area contributed by atoms with Gasteiger partial charge in [-0.05, 0) is 31.7 Å². The van der Waals surface area contributed by atoms with Gasteiger partial charge in [-0.25, -0.2) is 4.79 Å². The zero-order valence-corrected chi connectivity index (χ0v) is 18.0. The van der Waals surface area contributed by atoms with Crippen LogP contribution in [0.5, 0.6) is 0 Å². The van der Waals surface area contributed by atoms with E-state index in [0.29, 0.717) is 26.2 Å². The van der Waals surface area contributed by atoms with Gasteiger partial charge in [-0.1, -0.05) is 19.3 Å². The molecule has 0 aromatic carbocycles. The molecule has 8 nitrogen and oxygen atoms in total. The van der Waals surface area contributed by atoms with Crippen LogP contribution < -0.4 is 5.32 Å². The van der Waals surface area contributed by atoms with Crippen molar-refractivity contribution in [3.63, 3.8) is 0 Å². The smallest absolute Gasteiger partial charge is 0.317 e. The van der Waals surface area contributed by atoms with Crippen molar-refractivity contribution in [3.8, 4) is 0 Å². The number of hydrogen-bond donors (Lipinski definition) is 1. The molecular formula is C20H32N4O4S. The summed E-state index contributed by atoms with van der Waals surface area (Å²) in [5, 5.41) is 3.11. The molecular weight excluding hydrogens is 392 g/mol. The summed E-state index contributed by atoms with van der Waals surface area (Å²) in [7, 11) is -1.77. The number of hydrogen-bond acceptors (Lipinski definition) is 4. The summed E-state index contributed by atoms with van der Waals surface area (Å²) in [6, 6.07) is 1.89. The zero-order chi connectivity index (χ0) is 20.4. The number of nitrogens with zero attached hydrogens (tertiary/aromatic N) is 3. The minimum Gasteiger partial charge on any atom is -0.469 e. The maximum absolute atomic E-state index is 13.0. The lowest BCUT2D eigenvalue weighted by molar-refractivity contribution is 0.163. The van der Waals surface area contributed by atoms with Crippen LogP contribution in [0.3, 0.4) is 0 Å². The Labute approximate surface area is 173 Å². The second-order valence-corrected chi connectivity index (χ2v) is 10.4. The summed E-state index contributed by atoms with van der Waals surface area (Å²) < 4.78 is 34.6. The predicted molar refractivity (Wildman–Crippen MR) is 110 cm³/mol. The van der Waals surface area contributed by atoms with Gasteiger partial charge in [0.2, 0.25) is 0 Å². The molecule has 4 rings (SSSR count). The molecule has 1 aliphatic heterocycles. The molecule has 1 aromatic heterocycles. The number of rotatable bonds is 4. The quantitative estimate of drug-likeness (QED) is 0.805. The SMILES string of the molecule is CN(C1CCCCC1)S(=O)(=O)N1CCN(C(=O)NC2CCCc3occc32)CC1. The molecule has 1 aromatic rings. The topological polar surface area (TPSA) is 86.1 Å². The molecule has 3 aliphatic rings. The van der Waals surface area contributed by atoms with Gasteiger partial charge < -0.3 is 14.6 Å². The van der Waals surface area contributed by atoms with Crippen molar-refractivity contribution in [2.75, 3.05) is 33.2 Å². The lowest BCUT2D eigenvalue weighted by atomic mass is 9.93. The maximum Gasteiger partial charge on any atom is 0.317 e. The standard InChI is InChI=1S/C20H32N4O4S/c1-22(16-6-3-2-4-7-16)29(26,27)24-13-11-23(12-14-24)20(25)21-18-8-5-9-19-17(18)10-15-28-19/h10,15-16,18H,2-9,11-14H2,1H3,(H,21,25). The molecule has 0 spiro atoms. The zero-order valence-electron chi connectivity index (χ0n) is 17.2. The van der Waals surface area contributed by atoms with Gasteiger partial charge in [-0.2, -0.15) is 17.0 Å². The first kappa shape index (κ1) is 20.7. The maximum atomic E-state index is 13.0. The Bertz CT molecular complexity index is 810. The molecule has 2 aliphatic carbocycles. The van der Waals surface area contributed by atoms with Crippen LogP contribution in [-0.4, -0.2) is 67.2 Å². The molecule has 0 radical (unpaired) electrons. The van der Waals surface area contributed by atoms with Crippen LogP contribution in [0.15, 0.2) is 16.7 Å². The van der Waals surface area contributed by atoms with Gasteiger partial charge >= 0.3 is 6.03 Å². The normalized spacial score (nSPS) is 24.5. The van der Waals surface area contributed by atoms with Crippen LogP contribution in [-0.2, 0) is 16.6 Å². The fourth-order valence-electron chi connectivity index (χ4n) is 4.81. The van der Waals surface area contributed by atoms with Crippen molar-refractivity contribution in [2.24, 2.45) is 0 Å². The number of urea groups is 1.